The number of benzene rings is 3. The number of hydrogen-bond acceptors (Lipinski definition) is 4. The lowest BCUT2D eigenvalue weighted by molar-refractivity contribution is -0.141. The monoisotopic (exact) mass is 579 g/mol. The molecule has 7 nitrogen and oxygen atoms in total. The molecular weight excluding hydrogens is 549 g/mol. The largest absolute Gasteiger partial charge is 0.352 e. The van der Waals surface area contributed by atoms with E-state index < -0.39 is 6.04 Å². The number of imide groups is 1. The van der Waals surface area contributed by atoms with Gasteiger partial charge in [-0.3, -0.25) is 24.1 Å². The molecule has 3 aromatic carbocycles. The van der Waals surface area contributed by atoms with Crippen molar-refractivity contribution in [3.63, 3.8) is 0 Å². The Morgan fingerprint density at radius 2 is 1.52 bits per heavy atom. The number of nitrogens with zero attached hydrogens (tertiary/aromatic N) is 2. The average Bonchev–Trinajstić information content (AvgIpc) is 3.16. The number of carbonyl (C=O) groups excluding carboxylic acids is 4. The quantitative estimate of drug-likeness (QED) is 0.302. The molecule has 1 N–H and O–H groups in total. The minimum atomic E-state index is -0.816. The number of fused-ring (bicyclic) bond motifs is 1. The maximum atomic E-state index is 13.8. The lowest BCUT2D eigenvalue weighted by Crippen LogP contribution is -2.51. The van der Waals surface area contributed by atoms with Crippen molar-refractivity contribution in [1.82, 2.24) is 15.1 Å². The van der Waals surface area contributed by atoms with Gasteiger partial charge in [-0.05, 0) is 55.7 Å². The summed E-state index contributed by atoms with van der Waals surface area (Å²) in [5, 5.41) is 3.80. The highest BCUT2D eigenvalue weighted by atomic mass is 35.5. The van der Waals surface area contributed by atoms with Gasteiger partial charge in [0, 0.05) is 42.0 Å². The van der Waals surface area contributed by atoms with Crippen LogP contribution in [0, 0.1) is 0 Å². The van der Waals surface area contributed by atoms with Gasteiger partial charge in [-0.1, -0.05) is 71.7 Å². The Hall–Kier alpha value is -3.68. The molecule has 0 saturated heterocycles. The summed E-state index contributed by atoms with van der Waals surface area (Å²) in [7, 11) is 0. The molecule has 0 fully saturated rings. The van der Waals surface area contributed by atoms with E-state index in [0.717, 1.165) is 5.56 Å². The molecule has 40 heavy (non-hydrogen) atoms. The van der Waals surface area contributed by atoms with Crippen LogP contribution >= 0.6 is 23.2 Å². The zero-order chi connectivity index (χ0) is 28.8. The summed E-state index contributed by atoms with van der Waals surface area (Å²) < 4.78 is 0. The molecule has 1 aliphatic rings. The normalized spacial score (nSPS) is 13.4. The van der Waals surface area contributed by atoms with Crippen LogP contribution in [-0.4, -0.2) is 52.1 Å². The van der Waals surface area contributed by atoms with Gasteiger partial charge in [-0.2, -0.15) is 0 Å². The van der Waals surface area contributed by atoms with Crippen molar-refractivity contribution >= 4 is 46.8 Å². The predicted molar refractivity (Wildman–Crippen MR) is 155 cm³/mol. The molecule has 0 saturated carbocycles. The van der Waals surface area contributed by atoms with Gasteiger partial charge >= 0.3 is 0 Å². The van der Waals surface area contributed by atoms with E-state index in [0.29, 0.717) is 33.2 Å². The standard InChI is InChI=1S/C31H31Cl2N3O4/c1-20(2)34-29(38)27(17-21-9-4-3-5-10-21)36(19-22-14-15-23(32)18-26(22)33)28(37)13-8-16-35-30(39)24-11-6-7-12-25(24)31(35)40/h3-7,9-12,14-15,18,20,27H,8,13,16-17,19H2,1-2H3,(H,34,38). The smallest absolute Gasteiger partial charge is 0.261 e. The lowest BCUT2D eigenvalue weighted by atomic mass is 10.0. The minimum absolute atomic E-state index is 0.0266. The Labute approximate surface area is 244 Å². The average molecular weight is 581 g/mol. The van der Waals surface area contributed by atoms with E-state index in [2.05, 4.69) is 5.32 Å². The van der Waals surface area contributed by atoms with Crippen LogP contribution in [0.1, 0.15) is 58.5 Å². The van der Waals surface area contributed by atoms with Crippen molar-refractivity contribution in [1.29, 1.82) is 0 Å². The number of carbonyl (C=O) groups is 4. The van der Waals surface area contributed by atoms with Crippen LogP contribution in [0.15, 0.2) is 72.8 Å². The van der Waals surface area contributed by atoms with E-state index in [1.54, 1.807) is 42.5 Å². The van der Waals surface area contributed by atoms with Crippen LogP contribution in [0.5, 0.6) is 0 Å². The third-order valence-electron chi connectivity index (χ3n) is 6.71. The van der Waals surface area contributed by atoms with Crippen LogP contribution in [0.2, 0.25) is 10.0 Å². The van der Waals surface area contributed by atoms with Crippen LogP contribution in [0.25, 0.3) is 0 Å². The van der Waals surface area contributed by atoms with E-state index in [4.69, 9.17) is 23.2 Å². The van der Waals surface area contributed by atoms with Crippen molar-refractivity contribution in [2.45, 2.75) is 51.7 Å². The summed E-state index contributed by atoms with van der Waals surface area (Å²) in [5.74, 6) is -1.30. The molecule has 0 radical (unpaired) electrons. The molecule has 0 aromatic heterocycles. The summed E-state index contributed by atoms with van der Waals surface area (Å²) in [4.78, 5) is 55.5. The van der Waals surface area contributed by atoms with E-state index in [-0.39, 0.29) is 55.6 Å². The van der Waals surface area contributed by atoms with Gasteiger partial charge in [0.05, 0.1) is 11.1 Å². The van der Waals surface area contributed by atoms with E-state index in [1.165, 1.54) is 9.80 Å². The molecular formula is C31H31Cl2N3O4. The van der Waals surface area contributed by atoms with Gasteiger partial charge in [0.1, 0.15) is 6.04 Å². The molecule has 1 atom stereocenters. The van der Waals surface area contributed by atoms with Gasteiger partial charge in [-0.15, -0.1) is 0 Å². The first kappa shape index (κ1) is 29.3. The van der Waals surface area contributed by atoms with Crippen LogP contribution in [-0.2, 0) is 22.6 Å². The van der Waals surface area contributed by atoms with E-state index in [9.17, 15) is 19.2 Å². The summed E-state index contributed by atoms with van der Waals surface area (Å²) in [5.41, 5.74) is 2.28. The van der Waals surface area contributed by atoms with E-state index >= 15 is 0 Å². The first-order chi connectivity index (χ1) is 19.2. The van der Waals surface area contributed by atoms with Crippen LogP contribution in [0.3, 0.4) is 0 Å². The fraction of sp³-hybridized carbons (Fsp3) is 0.290. The molecule has 1 aliphatic heterocycles. The van der Waals surface area contributed by atoms with Crippen molar-refractivity contribution in [2.24, 2.45) is 0 Å². The molecule has 3 aromatic rings. The molecule has 208 valence electrons. The summed E-state index contributed by atoms with van der Waals surface area (Å²) in [6, 6.07) is 20.3. The zero-order valence-corrected chi connectivity index (χ0v) is 23.9. The van der Waals surface area contributed by atoms with Gasteiger partial charge in [-0.25, -0.2) is 0 Å². The number of nitrogens with one attached hydrogen (secondary N) is 1. The third-order valence-corrected chi connectivity index (χ3v) is 7.30. The molecule has 0 bridgehead atoms. The molecule has 4 rings (SSSR count). The minimum Gasteiger partial charge on any atom is -0.352 e. The molecule has 0 spiro atoms. The number of amides is 4. The van der Waals surface area contributed by atoms with Gasteiger partial charge in [0.15, 0.2) is 0 Å². The lowest BCUT2D eigenvalue weighted by Gasteiger charge is -2.32. The second-order valence-electron chi connectivity index (χ2n) is 10.0. The zero-order valence-electron chi connectivity index (χ0n) is 22.4. The van der Waals surface area contributed by atoms with Gasteiger partial charge in [0.25, 0.3) is 11.8 Å². The van der Waals surface area contributed by atoms with Gasteiger partial charge in [0.2, 0.25) is 11.8 Å². The Kier molecular flexibility index (Phi) is 9.61. The fourth-order valence-corrected chi connectivity index (χ4v) is 5.21. The van der Waals surface area contributed by atoms with Crippen molar-refractivity contribution in [3.8, 4) is 0 Å². The fourth-order valence-electron chi connectivity index (χ4n) is 4.74. The third kappa shape index (κ3) is 6.90. The van der Waals surface area contributed by atoms with Crippen molar-refractivity contribution in [3.05, 3.63) is 105 Å². The molecule has 1 heterocycles. The van der Waals surface area contributed by atoms with Crippen molar-refractivity contribution in [2.75, 3.05) is 6.54 Å². The molecule has 1 unspecified atom stereocenters. The molecule has 0 aliphatic carbocycles. The van der Waals surface area contributed by atoms with Gasteiger partial charge < -0.3 is 10.2 Å². The highest BCUT2D eigenvalue weighted by molar-refractivity contribution is 6.35. The Bertz CT molecular complexity index is 1380. The second-order valence-corrected chi connectivity index (χ2v) is 10.9. The predicted octanol–water partition coefficient (Wildman–Crippen LogP) is 5.53. The highest BCUT2D eigenvalue weighted by Gasteiger charge is 2.35. The number of hydrogen-bond donors (Lipinski definition) is 1. The summed E-state index contributed by atoms with van der Waals surface area (Å²) in [6.45, 7) is 3.91. The van der Waals surface area contributed by atoms with Crippen LogP contribution in [0.4, 0.5) is 0 Å². The second kappa shape index (κ2) is 13.1. The Morgan fingerprint density at radius 3 is 2.12 bits per heavy atom. The first-order valence-electron chi connectivity index (χ1n) is 13.2. The van der Waals surface area contributed by atoms with Crippen molar-refractivity contribution < 1.29 is 19.2 Å². The maximum absolute atomic E-state index is 13.8. The number of rotatable bonds is 11. The summed E-state index contributed by atoms with van der Waals surface area (Å²) >= 11 is 12.6. The van der Waals surface area contributed by atoms with Crippen LogP contribution < -0.4 is 5.32 Å². The summed E-state index contributed by atoms with van der Waals surface area (Å²) in [6.07, 6.45) is 0.576. The SMILES string of the molecule is CC(C)NC(=O)C(Cc1ccccc1)N(Cc1ccc(Cl)cc1Cl)C(=O)CCCN1C(=O)c2ccccc2C1=O. The van der Waals surface area contributed by atoms with E-state index in [1.807, 2.05) is 44.2 Å². The maximum Gasteiger partial charge on any atom is 0.261 e. The Morgan fingerprint density at radius 1 is 0.900 bits per heavy atom. The Balaban J connectivity index is 1.57. The molecule has 4 amide bonds. The first-order valence-corrected chi connectivity index (χ1v) is 13.9. The topological polar surface area (TPSA) is 86.8 Å². The highest BCUT2D eigenvalue weighted by Crippen LogP contribution is 2.26. The number of halogens is 2. The molecule has 9 heteroatoms.